The van der Waals surface area contributed by atoms with Crippen LogP contribution in [-0.4, -0.2) is 19.8 Å². The standard InChI is InChI=1S/C15H19NOS/c1-2-4-15-14(3-1)13(11-18-15)9-16-7-5-12-6-8-17-10-12/h1-4,11-12,16H,5-10H2. The first-order valence-corrected chi connectivity index (χ1v) is 7.55. The van der Waals surface area contributed by atoms with E-state index in [0.29, 0.717) is 0 Å². The van der Waals surface area contributed by atoms with Crippen LogP contribution in [0, 0.1) is 5.92 Å². The Labute approximate surface area is 112 Å². The van der Waals surface area contributed by atoms with Crippen LogP contribution in [0.15, 0.2) is 29.6 Å². The largest absolute Gasteiger partial charge is 0.381 e. The van der Waals surface area contributed by atoms with E-state index in [1.165, 1.54) is 28.5 Å². The second-order valence-electron chi connectivity index (χ2n) is 4.95. The second-order valence-corrected chi connectivity index (χ2v) is 5.86. The van der Waals surface area contributed by atoms with E-state index >= 15 is 0 Å². The molecule has 3 heteroatoms. The number of benzene rings is 1. The summed E-state index contributed by atoms with van der Waals surface area (Å²) in [6.45, 7) is 4.00. The van der Waals surface area contributed by atoms with Crippen molar-refractivity contribution in [3.8, 4) is 0 Å². The second kappa shape index (κ2) is 5.83. The van der Waals surface area contributed by atoms with Gasteiger partial charge in [-0.15, -0.1) is 11.3 Å². The molecule has 1 atom stereocenters. The van der Waals surface area contributed by atoms with Gasteiger partial charge in [0, 0.05) is 24.5 Å². The first-order valence-electron chi connectivity index (χ1n) is 6.67. The van der Waals surface area contributed by atoms with Gasteiger partial charge in [-0.2, -0.15) is 0 Å². The average molecular weight is 261 g/mol. The lowest BCUT2D eigenvalue weighted by atomic mass is 10.1. The summed E-state index contributed by atoms with van der Waals surface area (Å²) in [6.07, 6.45) is 2.48. The molecule has 0 bridgehead atoms. The van der Waals surface area contributed by atoms with Crippen molar-refractivity contribution < 1.29 is 4.74 Å². The summed E-state index contributed by atoms with van der Waals surface area (Å²) in [7, 11) is 0. The minimum atomic E-state index is 0.775. The molecular weight excluding hydrogens is 242 g/mol. The molecule has 1 fully saturated rings. The highest BCUT2D eigenvalue weighted by atomic mass is 32.1. The van der Waals surface area contributed by atoms with Crippen molar-refractivity contribution in [2.45, 2.75) is 19.4 Å². The normalized spacial score (nSPS) is 19.7. The lowest BCUT2D eigenvalue weighted by Gasteiger charge is -2.08. The molecule has 0 radical (unpaired) electrons. The molecule has 0 amide bonds. The first kappa shape index (κ1) is 12.2. The fraction of sp³-hybridized carbons (Fsp3) is 0.467. The Morgan fingerprint density at radius 3 is 3.17 bits per heavy atom. The van der Waals surface area contributed by atoms with E-state index in [-0.39, 0.29) is 0 Å². The molecule has 2 aromatic rings. The summed E-state index contributed by atoms with van der Waals surface area (Å²) in [6, 6.07) is 8.64. The van der Waals surface area contributed by atoms with Crippen molar-refractivity contribution in [3.63, 3.8) is 0 Å². The van der Waals surface area contributed by atoms with E-state index in [2.05, 4.69) is 35.0 Å². The first-order chi connectivity index (χ1) is 8.93. The molecule has 0 saturated carbocycles. The van der Waals surface area contributed by atoms with E-state index in [1.807, 2.05) is 11.3 Å². The van der Waals surface area contributed by atoms with Crippen LogP contribution < -0.4 is 5.32 Å². The van der Waals surface area contributed by atoms with Crippen LogP contribution in [0.3, 0.4) is 0 Å². The summed E-state index contributed by atoms with van der Waals surface area (Å²) in [4.78, 5) is 0. The minimum absolute atomic E-state index is 0.775. The Hall–Kier alpha value is -0.900. The van der Waals surface area contributed by atoms with Crippen molar-refractivity contribution in [1.82, 2.24) is 5.32 Å². The summed E-state index contributed by atoms with van der Waals surface area (Å²) < 4.78 is 6.78. The predicted octanol–water partition coefficient (Wildman–Crippen LogP) is 3.42. The van der Waals surface area contributed by atoms with Crippen LogP contribution >= 0.6 is 11.3 Å². The highest BCUT2D eigenvalue weighted by Gasteiger charge is 2.14. The molecule has 3 rings (SSSR count). The molecule has 1 aliphatic heterocycles. The van der Waals surface area contributed by atoms with Crippen molar-refractivity contribution in [1.29, 1.82) is 0 Å². The number of fused-ring (bicyclic) bond motifs is 1. The maximum atomic E-state index is 5.39. The molecule has 18 heavy (non-hydrogen) atoms. The van der Waals surface area contributed by atoms with E-state index < -0.39 is 0 Å². The minimum Gasteiger partial charge on any atom is -0.381 e. The quantitative estimate of drug-likeness (QED) is 0.833. The molecule has 1 N–H and O–H groups in total. The molecule has 1 unspecified atom stereocenters. The Bertz CT molecular complexity index is 502. The third-order valence-corrected chi connectivity index (χ3v) is 4.64. The number of hydrogen-bond donors (Lipinski definition) is 1. The van der Waals surface area contributed by atoms with Gasteiger partial charge in [-0.1, -0.05) is 18.2 Å². The summed E-state index contributed by atoms with van der Waals surface area (Å²) >= 11 is 1.84. The molecule has 1 aliphatic rings. The lowest BCUT2D eigenvalue weighted by Crippen LogP contribution is -2.17. The maximum absolute atomic E-state index is 5.39. The maximum Gasteiger partial charge on any atom is 0.0495 e. The Morgan fingerprint density at radius 1 is 1.33 bits per heavy atom. The number of hydrogen-bond acceptors (Lipinski definition) is 3. The van der Waals surface area contributed by atoms with Gasteiger partial charge >= 0.3 is 0 Å². The molecule has 1 aromatic heterocycles. The van der Waals surface area contributed by atoms with Gasteiger partial charge in [0.25, 0.3) is 0 Å². The Morgan fingerprint density at radius 2 is 2.28 bits per heavy atom. The van der Waals surface area contributed by atoms with Gasteiger partial charge in [0.1, 0.15) is 0 Å². The zero-order valence-corrected chi connectivity index (χ0v) is 11.3. The number of thiophene rings is 1. The van der Waals surface area contributed by atoms with Crippen LogP contribution in [0.2, 0.25) is 0 Å². The number of nitrogens with one attached hydrogen (secondary N) is 1. The fourth-order valence-corrected chi connectivity index (χ4v) is 3.47. The molecule has 0 spiro atoms. The molecule has 2 nitrogen and oxygen atoms in total. The van der Waals surface area contributed by atoms with E-state index in [1.54, 1.807) is 0 Å². The van der Waals surface area contributed by atoms with Crippen molar-refractivity contribution in [3.05, 3.63) is 35.2 Å². The van der Waals surface area contributed by atoms with Gasteiger partial charge in [0.15, 0.2) is 0 Å². The SMILES string of the molecule is c1ccc2c(CNCCC3CCOC3)csc2c1. The van der Waals surface area contributed by atoms with Gasteiger partial charge < -0.3 is 10.1 Å². The Kier molecular flexibility index (Phi) is 3.93. The van der Waals surface area contributed by atoms with Gasteiger partial charge in [-0.3, -0.25) is 0 Å². The summed E-state index contributed by atoms with van der Waals surface area (Å²) in [5.41, 5.74) is 1.43. The third-order valence-electron chi connectivity index (χ3n) is 3.63. The average Bonchev–Trinajstić information content (AvgIpc) is 3.04. The summed E-state index contributed by atoms with van der Waals surface area (Å²) in [5.74, 6) is 0.775. The van der Waals surface area contributed by atoms with E-state index in [4.69, 9.17) is 4.74 Å². The molecule has 96 valence electrons. The monoisotopic (exact) mass is 261 g/mol. The van der Waals surface area contributed by atoms with Crippen LogP contribution in [0.25, 0.3) is 10.1 Å². The van der Waals surface area contributed by atoms with Gasteiger partial charge in [-0.05, 0) is 47.7 Å². The third kappa shape index (κ3) is 2.74. The predicted molar refractivity (Wildman–Crippen MR) is 77.1 cm³/mol. The van der Waals surface area contributed by atoms with Crippen molar-refractivity contribution in [2.75, 3.05) is 19.8 Å². The van der Waals surface area contributed by atoms with Crippen molar-refractivity contribution >= 4 is 21.4 Å². The number of ether oxygens (including phenoxy) is 1. The topological polar surface area (TPSA) is 21.3 Å². The van der Waals surface area contributed by atoms with Crippen LogP contribution in [0.1, 0.15) is 18.4 Å². The zero-order valence-electron chi connectivity index (χ0n) is 10.5. The van der Waals surface area contributed by atoms with Crippen LogP contribution in [0.5, 0.6) is 0 Å². The molecule has 1 saturated heterocycles. The highest BCUT2D eigenvalue weighted by molar-refractivity contribution is 7.17. The smallest absolute Gasteiger partial charge is 0.0495 e. The van der Waals surface area contributed by atoms with Gasteiger partial charge in [0.05, 0.1) is 0 Å². The molecule has 1 aromatic carbocycles. The highest BCUT2D eigenvalue weighted by Crippen LogP contribution is 2.25. The van der Waals surface area contributed by atoms with Crippen LogP contribution in [0.4, 0.5) is 0 Å². The van der Waals surface area contributed by atoms with E-state index in [0.717, 1.165) is 32.2 Å². The molecule has 2 heterocycles. The Balaban J connectivity index is 1.50. The van der Waals surface area contributed by atoms with Gasteiger partial charge in [0.2, 0.25) is 0 Å². The van der Waals surface area contributed by atoms with Crippen LogP contribution in [-0.2, 0) is 11.3 Å². The lowest BCUT2D eigenvalue weighted by molar-refractivity contribution is 0.184. The molecular formula is C15H19NOS. The zero-order chi connectivity index (χ0) is 12.2. The summed E-state index contributed by atoms with van der Waals surface area (Å²) in [5, 5.41) is 7.23. The van der Waals surface area contributed by atoms with Gasteiger partial charge in [-0.25, -0.2) is 0 Å². The van der Waals surface area contributed by atoms with Crippen molar-refractivity contribution in [2.24, 2.45) is 5.92 Å². The number of rotatable bonds is 5. The fourth-order valence-electron chi connectivity index (χ4n) is 2.51. The van der Waals surface area contributed by atoms with E-state index in [9.17, 15) is 0 Å². The molecule has 0 aliphatic carbocycles.